The maximum atomic E-state index is 13.8. The number of carbonyl (C=O) groups is 2. The van der Waals surface area contributed by atoms with Crippen molar-refractivity contribution in [1.82, 2.24) is 0 Å². The van der Waals surface area contributed by atoms with Gasteiger partial charge in [0.2, 0.25) is 10.0 Å². The van der Waals surface area contributed by atoms with E-state index in [-0.39, 0.29) is 0 Å². The molecule has 2 aromatic rings. The molecule has 0 fully saturated rings. The molecule has 0 bridgehead atoms. The van der Waals surface area contributed by atoms with Gasteiger partial charge in [-0.25, -0.2) is 22.7 Å². The number of ether oxygens (including phenoxy) is 2. The molecular weight excluding hydrogens is 379 g/mol. The van der Waals surface area contributed by atoms with Gasteiger partial charge < -0.3 is 14.8 Å². The molecule has 10 heteroatoms. The predicted octanol–water partition coefficient (Wildman–Crippen LogP) is 1.67. The normalized spacial score (nSPS) is 12.1. The number of halogens is 1. The maximum absolute atomic E-state index is 13.8. The molecule has 0 saturated carbocycles. The molecule has 0 spiro atoms. The molecule has 0 aliphatic carbocycles. The third kappa shape index (κ3) is 5.25. The quantitative estimate of drug-likeness (QED) is 0.716. The number of hydrogen-bond acceptors (Lipinski definition) is 6. The Morgan fingerprint density at radius 3 is 2.33 bits per heavy atom. The van der Waals surface area contributed by atoms with E-state index in [9.17, 15) is 22.4 Å². The second-order valence-corrected chi connectivity index (χ2v) is 7.01. The Bertz CT molecular complexity index is 960. The van der Waals surface area contributed by atoms with E-state index in [1.54, 1.807) is 24.3 Å². The molecule has 0 aromatic heterocycles. The van der Waals surface area contributed by atoms with Crippen molar-refractivity contribution >= 4 is 27.6 Å². The summed E-state index contributed by atoms with van der Waals surface area (Å²) in [5.74, 6) is -2.26. The van der Waals surface area contributed by atoms with Gasteiger partial charge in [-0.1, -0.05) is 0 Å². The number of sulfonamides is 1. The number of anilines is 1. The minimum Gasteiger partial charge on any atom is -0.497 e. The second kappa shape index (κ2) is 8.14. The first kappa shape index (κ1) is 20.3. The number of amides is 1. The minimum atomic E-state index is -4.13. The number of nitrogens with two attached hydrogens (primary N) is 1. The van der Waals surface area contributed by atoms with E-state index in [2.05, 4.69) is 5.32 Å². The SMILES string of the molecule is COc1ccc(NC(=O)[C@H](C)OC(=O)c2cc(S(N)(=O)=O)ccc2F)cc1. The van der Waals surface area contributed by atoms with Crippen LogP contribution < -0.4 is 15.2 Å². The van der Waals surface area contributed by atoms with E-state index in [4.69, 9.17) is 14.6 Å². The first-order valence-electron chi connectivity index (χ1n) is 7.60. The molecule has 2 rings (SSSR count). The lowest BCUT2D eigenvalue weighted by molar-refractivity contribution is -0.123. The summed E-state index contributed by atoms with van der Waals surface area (Å²) in [7, 11) is -2.63. The van der Waals surface area contributed by atoms with Crippen LogP contribution in [0.25, 0.3) is 0 Å². The van der Waals surface area contributed by atoms with Crippen LogP contribution in [-0.4, -0.2) is 33.5 Å². The van der Waals surface area contributed by atoms with E-state index in [1.807, 2.05) is 0 Å². The molecule has 0 unspecified atom stereocenters. The van der Waals surface area contributed by atoms with Crippen molar-refractivity contribution in [3.63, 3.8) is 0 Å². The molecule has 8 nitrogen and oxygen atoms in total. The number of nitrogens with one attached hydrogen (secondary N) is 1. The van der Waals surface area contributed by atoms with Crippen molar-refractivity contribution < 1.29 is 31.9 Å². The predicted molar refractivity (Wildman–Crippen MR) is 94.3 cm³/mol. The lowest BCUT2D eigenvalue weighted by Gasteiger charge is -2.14. The highest BCUT2D eigenvalue weighted by Gasteiger charge is 2.23. The highest BCUT2D eigenvalue weighted by molar-refractivity contribution is 7.89. The first-order valence-corrected chi connectivity index (χ1v) is 9.14. The fourth-order valence-electron chi connectivity index (χ4n) is 2.03. The van der Waals surface area contributed by atoms with Crippen LogP contribution in [0.5, 0.6) is 5.75 Å². The van der Waals surface area contributed by atoms with Gasteiger partial charge in [0, 0.05) is 5.69 Å². The van der Waals surface area contributed by atoms with Gasteiger partial charge in [0.05, 0.1) is 17.6 Å². The van der Waals surface area contributed by atoms with Crippen molar-refractivity contribution in [2.45, 2.75) is 17.9 Å². The Morgan fingerprint density at radius 1 is 1.15 bits per heavy atom. The van der Waals surface area contributed by atoms with Crippen LogP contribution in [0.2, 0.25) is 0 Å². The fourth-order valence-corrected chi connectivity index (χ4v) is 2.57. The summed E-state index contributed by atoms with van der Waals surface area (Å²) < 4.78 is 46.4. The Hall–Kier alpha value is -2.98. The molecule has 0 heterocycles. The van der Waals surface area contributed by atoms with Crippen LogP contribution >= 0.6 is 0 Å². The summed E-state index contributed by atoms with van der Waals surface area (Å²) in [5, 5.41) is 7.48. The summed E-state index contributed by atoms with van der Waals surface area (Å²) >= 11 is 0. The number of methoxy groups -OCH3 is 1. The van der Waals surface area contributed by atoms with Crippen molar-refractivity contribution in [3.8, 4) is 5.75 Å². The first-order chi connectivity index (χ1) is 12.6. The van der Waals surface area contributed by atoms with E-state index >= 15 is 0 Å². The van der Waals surface area contributed by atoms with Crippen molar-refractivity contribution in [2.75, 3.05) is 12.4 Å². The lowest BCUT2D eigenvalue weighted by Crippen LogP contribution is -2.30. The third-order valence-corrected chi connectivity index (χ3v) is 4.41. The van der Waals surface area contributed by atoms with Crippen LogP contribution in [0.3, 0.4) is 0 Å². The van der Waals surface area contributed by atoms with Crippen molar-refractivity contribution in [1.29, 1.82) is 0 Å². The second-order valence-electron chi connectivity index (χ2n) is 5.45. The summed E-state index contributed by atoms with van der Waals surface area (Å²) in [6, 6.07) is 8.86. The molecule has 3 N–H and O–H groups in total. The molecule has 0 radical (unpaired) electrons. The molecule has 2 aromatic carbocycles. The molecule has 144 valence electrons. The summed E-state index contributed by atoms with van der Waals surface area (Å²) in [6.45, 7) is 1.29. The lowest BCUT2D eigenvalue weighted by atomic mass is 10.2. The monoisotopic (exact) mass is 396 g/mol. The number of benzene rings is 2. The number of esters is 1. The molecule has 1 atom stereocenters. The Labute approximate surface area is 155 Å². The molecule has 0 aliphatic rings. The molecule has 0 aliphatic heterocycles. The van der Waals surface area contributed by atoms with Gasteiger partial charge in [-0.05, 0) is 49.4 Å². The minimum absolute atomic E-state index is 0.436. The smallest absolute Gasteiger partial charge is 0.341 e. The van der Waals surface area contributed by atoms with Crippen LogP contribution in [0, 0.1) is 5.82 Å². The topological polar surface area (TPSA) is 125 Å². The molecule has 27 heavy (non-hydrogen) atoms. The standard InChI is InChI=1S/C17H17FN2O6S/c1-10(16(21)20-11-3-5-12(25-2)6-4-11)26-17(22)14-9-13(27(19,23)24)7-8-15(14)18/h3-10H,1-2H3,(H,20,21)(H2,19,23,24)/t10-/m0/s1. The highest BCUT2D eigenvalue weighted by atomic mass is 32.2. The highest BCUT2D eigenvalue weighted by Crippen LogP contribution is 2.17. The van der Waals surface area contributed by atoms with Crippen LogP contribution in [0.1, 0.15) is 17.3 Å². The van der Waals surface area contributed by atoms with E-state index < -0.39 is 44.3 Å². The Kier molecular flexibility index (Phi) is 6.13. The third-order valence-electron chi connectivity index (χ3n) is 3.50. The van der Waals surface area contributed by atoms with Crippen molar-refractivity contribution in [2.24, 2.45) is 5.14 Å². The number of hydrogen-bond donors (Lipinski definition) is 2. The maximum Gasteiger partial charge on any atom is 0.341 e. The Balaban J connectivity index is 2.09. The van der Waals surface area contributed by atoms with Gasteiger partial charge in [-0.15, -0.1) is 0 Å². The molecule has 1 amide bonds. The van der Waals surface area contributed by atoms with E-state index in [1.165, 1.54) is 14.0 Å². The van der Waals surface area contributed by atoms with Crippen LogP contribution in [0.4, 0.5) is 10.1 Å². The average Bonchev–Trinajstić information content (AvgIpc) is 2.61. The fraction of sp³-hybridized carbons (Fsp3) is 0.176. The van der Waals surface area contributed by atoms with Crippen LogP contribution in [0.15, 0.2) is 47.4 Å². The summed E-state index contributed by atoms with van der Waals surface area (Å²) in [4.78, 5) is 23.8. The molecule has 0 saturated heterocycles. The van der Waals surface area contributed by atoms with Gasteiger partial charge >= 0.3 is 5.97 Å². The summed E-state index contributed by atoms with van der Waals surface area (Å²) in [5.41, 5.74) is -0.211. The largest absolute Gasteiger partial charge is 0.497 e. The zero-order chi connectivity index (χ0) is 20.2. The van der Waals surface area contributed by atoms with Gasteiger partial charge in [-0.3, -0.25) is 4.79 Å². The number of carbonyl (C=O) groups excluding carboxylic acids is 2. The molecular formula is C17H17FN2O6S. The zero-order valence-electron chi connectivity index (χ0n) is 14.4. The number of primary sulfonamides is 1. The summed E-state index contributed by atoms with van der Waals surface area (Å²) in [6.07, 6.45) is -1.27. The van der Waals surface area contributed by atoms with Crippen molar-refractivity contribution in [3.05, 3.63) is 53.8 Å². The van der Waals surface area contributed by atoms with Crippen LogP contribution in [-0.2, 0) is 19.6 Å². The van der Waals surface area contributed by atoms with Gasteiger partial charge in [-0.2, -0.15) is 0 Å². The average molecular weight is 396 g/mol. The van der Waals surface area contributed by atoms with Gasteiger partial charge in [0.25, 0.3) is 5.91 Å². The number of rotatable bonds is 6. The van der Waals surface area contributed by atoms with E-state index in [0.717, 1.165) is 18.2 Å². The zero-order valence-corrected chi connectivity index (χ0v) is 15.2. The van der Waals surface area contributed by atoms with Gasteiger partial charge in [0.1, 0.15) is 11.6 Å². The van der Waals surface area contributed by atoms with Gasteiger partial charge in [0.15, 0.2) is 6.10 Å². The Morgan fingerprint density at radius 2 is 1.78 bits per heavy atom. The van der Waals surface area contributed by atoms with E-state index in [0.29, 0.717) is 11.4 Å².